The number of nitriles is 1. The smallest absolute Gasteiger partial charge is 0.270 e. The summed E-state index contributed by atoms with van der Waals surface area (Å²) in [6.07, 6.45) is 1.70. The Bertz CT molecular complexity index is 1030. The number of nitrogens with zero attached hydrogens (tertiary/aromatic N) is 5. The van der Waals surface area contributed by atoms with Crippen LogP contribution in [-0.4, -0.2) is 46.5 Å². The molecule has 3 aromatic rings. The van der Waals surface area contributed by atoms with Crippen molar-refractivity contribution in [3.8, 4) is 17.3 Å². The van der Waals surface area contributed by atoms with Crippen molar-refractivity contribution in [3.05, 3.63) is 72.1 Å². The number of hydrogen-bond acceptors (Lipinski definition) is 4. The summed E-state index contributed by atoms with van der Waals surface area (Å²) in [6, 6.07) is 19.7. The first kappa shape index (κ1) is 17.8. The highest BCUT2D eigenvalue weighted by Crippen LogP contribution is 2.23. The predicted octanol–water partition coefficient (Wildman–Crippen LogP) is 2.92. The second-order valence-electron chi connectivity index (χ2n) is 6.79. The van der Waals surface area contributed by atoms with E-state index in [0.717, 1.165) is 11.3 Å². The second-order valence-corrected chi connectivity index (χ2v) is 6.79. The molecule has 1 aliphatic rings. The molecule has 0 saturated carbocycles. The summed E-state index contributed by atoms with van der Waals surface area (Å²) in [7, 11) is 1.93. The van der Waals surface area contributed by atoms with Crippen LogP contribution < -0.4 is 4.90 Å². The molecule has 0 spiro atoms. The molecule has 0 bridgehead atoms. The van der Waals surface area contributed by atoms with Crippen LogP contribution >= 0.6 is 0 Å². The van der Waals surface area contributed by atoms with Gasteiger partial charge in [-0.25, -0.2) is 4.98 Å². The number of carbonyl (C=O) groups is 1. The molecule has 1 amide bonds. The number of benzene rings is 1. The van der Waals surface area contributed by atoms with Crippen molar-refractivity contribution in [1.82, 2.24) is 14.5 Å². The molecule has 0 unspecified atom stereocenters. The van der Waals surface area contributed by atoms with Crippen molar-refractivity contribution in [2.45, 2.75) is 0 Å². The Kier molecular flexibility index (Phi) is 4.81. The topological polar surface area (TPSA) is 65.2 Å². The molecule has 3 heterocycles. The highest BCUT2D eigenvalue weighted by atomic mass is 16.2. The van der Waals surface area contributed by atoms with Gasteiger partial charge in [0.25, 0.3) is 5.91 Å². The third kappa shape index (κ3) is 3.23. The van der Waals surface area contributed by atoms with Gasteiger partial charge in [0.05, 0.1) is 5.56 Å². The zero-order valence-corrected chi connectivity index (χ0v) is 15.7. The third-order valence-electron chi connectivity index (χ3n) is 5.18. The fourth-order valence-electron chi connectivity index (χ4n) is 3.64. The van der Waals surface area contributed by atoms with Gasteiger partial charge in [-0.1, -0.05) is 30.3 Å². The van der Waals surface area contributed by atoms with Crippen molar-refractivity contribution in [3.63, 3.8) is 0 Å². The Morgan fingerprint density at radius 3 is 2.46 bits per heavy atom. The summed E-state index contributed by atoms with van der Waals surface area (Å²) >= 11 is 0. The zero-order chi connectivity index (χ0) is 19.5. The Labute approximate surface area is 164 Å². The quantitative estimate of drug-likeness (QED) is 0.710. The Balaban J connectivity index is 1.48. The summed E-state index contributed by atoms with van der Waals surface area (Å²) < 4.78 is 1.95. The number of amides is 1. The predicted molar refractivity (Wildman–Crippen MR) is 108 cm³/mol. The van der Waals surface area contributed by atoms with E-state index in [2.05, 4.69) is 16.0 Å². The minimum absolute atomic E-state index is 0.0332. The van der Waals surface area contributed by atoms with Crippen LogP contribution in [0, 0.1) is 11.3 Å². The normalized spacial score (nSPS) is 14.0. The van der Waals surface area contributed by atoms with E-state index in [0.29, 0.717) is 43.3 Å². The lowest BCUT2D eigenvalue weighted by atomic mass is 10.2. The molecule has 6 heteroatoms. The minimum Gasteiger partial charge on any atom is -0.352 e. The SMILES string of the molecule is Cn1c(C(=O)N2CCN(c3ncccc3C#N)CC2)ccc1-c1ccccc1. The summed E-state index contributed by atoms with van der Waals surface area (Å²) in [4.78, 5) is 21.3. The van der Waals surface area contributed by atoms with Crippen LogP contribution in [0.4, 0.5) is 5.82 Å². The van der Waals surface area contributed by atoms with E-state index >= 15 is 0 Å². The molecule has 28 heavy (non-hydrogen) atoms. The number of aromatic nitrogens is 2. The van der Waals surface area contributed by atoms with Gasteiger partial charge < -0.3 is 14.4 Å². The number of carbonyl (C=O) groups excluding carboxylic acids is 1. The average molecular weight is 371 g/mol. The fourth-order valence-corrected chi connectivity index (χ4v) is 3.64. The van der Waals surface area contributed by atoms with Crippen LogP contribution in [0.3, 0.4) is 0 Å². The number of pyridine rings is 1. The summed E-state index contributed by atoms with van der Waals surface area (Å²) in [5.74, 6) is 0.730. The molecule has 0 atom stereocenters. The van der Waals surface area contributed by atoms with Crippen LogP contribution in [0.2, 0.25) is 0 Å². The van der Waals surface area contributed by atoms with E-state index < -0.39 is 0 Å². The van der Waals surface area contributed by atoms with Gasteiger partial charge in [-0.2, -0.15) is 5.26 Å². The molecule has 1 aromatic carbocycles. The van der Waals surface area contributed by atoms with Crippen molar-refractivity contribution >= 4 is 11.7 Å². The number of rotatable bonds is 3. The zero-order valence-electron chi connectivity index (χ0n) is 15.7. The Morgan fingerprint density at radius 2 is 1.75 bits per heavy atom. The van der Waals surface area contributed by atoms with E-state index in [-0.39, 0.29) is 5.91 Å². The van der Waals surface area contributed by atoms with Gasteiger partial charge in [-0.15, -0.1) is 0 Å². The average Bonchev–Trinajstić information content (AvgIpc) is 3.15. The van der Waals surface area contributed by atoms with Crippen LogP contribution in [0.5, 0.6) is 0 Å². The van der Waals surface area contributed by atoms with E-state index in [1.54, 1.807) is 18.3 Å². The maximum atomic E-state index is 13.1. The van der Waals surface area contributed by atoms with Gasteiger partial charge in [0.2, 0.25) is 0 Å². The number of piperazine rings is 1. The molecule has 0 radical (unpaired) electrons. The molecule has 4 rings (SSSR count). The van der Waals surface area contributed by atoms with Crippen molar-refractivity contribution in [1.29, 1.82) is 5.26 Å². The van der Waals surface area contributed by atoms with Gasteiger partial charge in [-0.05, 0) is 29.8 Å². The number of hydrogen-bond donors (Lipinski definition) is 0. The van der Waals surface area contributed by atoms with E-state index in [1.807, 2.05) is 59.0 Å². The van der Waals surface area contributed by atoms with Crippen molar-refractivity contribution < 1.29 is 4.79 Å². The van der Waals surface area contributed by atoms with Gasteiger partial charge in [0.15, 0.2) is 0 Å². The van der Waals surface area contributed by atoms with Gasteiger partial charge in [0.1, 0.15) is 17.6 Å². The lowest BCUT2D eigenvalue weighted by Gasteiger charge is -2.35. The molecule has 1 saturated heterocycles. The molecule has 0 N–H and O–H groups in total. The third-order valence-corrected chi connectivity index (χ3v) is 5.18. The number of anilines is 1. The fraction of sp³-hybridized carbons (Fsp3) is 0.227. The summed E-state index contributed by atoms with van der Waals surface area (Å²) in [5, 5.41) is 9.28. The first-order valence-electron chi connectivity index (χ1n) is 9.29. The van der Waals surface area contributed by atoms with Crippen molar-refractivity contribution in [2.24, 2.45) is 7.05 Å². The minimum atomic E-state index is 0.0332. The lowest BCUT2D eigenvalue weighted by molar-refractivity contribution is 0.0737. The van der Waals surface area contributed by atoms with Crippen LogP contribution in [0.1, 0.15) is 16.1 Å². The second kappa shape index (κ2) is 7.57. The lowest BCUT2D eigenvalue weighted by Crippen LogP contribution is -2.49. The van der Waals surface area contributed by atoms with Gasteiger partial charge in [-0.3, -0.25) is 4.79 Å². The highest BCUT2D eigenvalue weighted by molar-refractivity contribution is 5.94. The molecule has 2 aromatic heterocycles. The largest absolute Gasteiger partial charge is 0.352 e. The standard InChI is InChI=1S/C22H21N5O/c1-25-19(17-6-3-2-4-7-17)9-10-20(25)22(28)27-14-12-26(13-15-27)21-18(16-23)8-5-11-24-21/h2-11H,12-15H2,1H3. The monoisotopic (exact) mass is 371 g/mol. The van der Waals surface area contributed by atoms with Gasteiger partial charge in [0, 0.05) is 45.1 Å². The van der Waals surface area contributed by atoms with E-state index in [4.69, 9.17) is 0 Å². The molecule has 6 nitrogen and oxygen atoms in total. The highest BCUT2D eigenvalue weighted by Gasteiger charge is 2.26. The Hall–Kier alpha value is -3.59. The van der Waals surface area contributed by atoms with E-state index in [9.17, 15) is 10.1 Å². The first-order chi connectivity index (χ1) is 13.7. The van der Waals surface area contributed by atoms with Crippen molar-refractivity contribution in [2.75, 3.05) is 31.1 Å². The van der Waals surface area contributed by atoms with E-state index in [1.165, 1.54) is 0 Å². The molecular weight excluding hydrogens is 350 g/mol. The summed E-state index contributed by atoms with van der Waals surface area (Å²) in [6.45, 7) is 2.53. The summed E-state index contributed by atoms with van der Waals surface area (Å²) in [5.41, 5.74) is 3.36. The molecule has 1 aliphatic heterocycles. The first-order valence-corrected chi connectivity index (χ1v) is 9.29. The van der Waals surface area contributed by atoms with Gasteiger partial charge >= 0.3 is 0 Å². The molecule has 1 fully saturated rings. The maximum absolute atomic E-state index is 13.1. The van der Waals surface area contributed by atoms with Crippen LogP contribution in [-0.2, 0) is 7.05 Å². The molecular formula is C22H21N5O. The van der Waals surface area contributed by atoms with Crippen LogP contribution in [0.15, 0.2) is 60.8 Å². The molecule has 140 valence electrons. The Morgan fingerprint density at radius 1 is 1.00 bits per heavy atom. The van der Waals surface area contributed by atoms with Crippen LogP contribution in [0.25, 0.3) is 11.3 Å². The maximum Gasteiger partial charge on any atom is 0.270 e. The molecule has 0 aliphatic carbocycles.